The molecule has 3 aromatic carbocycles. The van der Waals surface area contributed by atoms with E-state index in [0.717, 1.165) is 34.7 Å². The van der Waals surface area contributed by atoms with E-state index in [9.17, 15) is 14.7 Å². The number of nitrogens with zero attached hydrogens (tertiary/aromatic N) is 2. The molecule has 7 heteroatoms. The first-order valence-corrected chi connectivity index (χ1v) is 11.4. The van der Waals surface area contributed by atoms with Crippen LogP contribution < -0.4 is 5.43 Å². The molecule has 0 bridgehead atoms. The van der Waals surface area contributed by atoms with Crippen LogP contribution in [0.4, 0.5) is 0 Å². The molecule has 0 aliphatic heterocycles. The summed E-state index contributed by atoms with van der Waals surface area (Å²) in [6.45, 7) is 0. The molecule has 0 unspecified atom stereocenters. The maximum Gasteiger partial charge on any atom is 0.271 e. The van der Waals surface area contributed by atoms with E-state index in [1.807, 2.05) is 48.3 Å². The Bertz CT molecular complexity index is 1220. The molecule has 2 N–H and O–H groups in total. The highest BCUT2D eigenvalue weighted by Gasteiger charge is 2.23. The molecule has 2 amide bonds. The maximum absolute atomic E-state index is 12.9. The van der Waals surface area contributed by atoms with Gasteiger partial charge in [0, 0.05) is 24.2 Å². The van der Waals surface area contributed by atoms with Crippen LogP contribution in [0, 0.1) is 0 Å². The number of fused-ring (bicyclic) bond motifs is 1. The summed E-state index contributed by atoms with van der Waals surface area (Å²) in [4.78, 5) is 27.1. The number of rotatable bonds is 6. The average molecular weight is 464 g/mol. The standard InChI is InChI=1S/C26H26ClN3O3/c1-30(20-6-2-3-7-20)25(32)15-17-10-11-19(22-9-5-4-8-21(17)22)16-28-29-26(33)18-12-13-24(31)23(27)14-18/h4-5,8-14,16,20,31H,2-3,6-7,15H2,1H3,(H,29,33)/b28-16+. The highest BCUT2D eigenvalue weighted by molar-refractivity contribution is 6.32. The van der Waals surface area contributed by atoms with Gasteiger partial charge in [-0.05, 0) is 47.4 Å². The van der Waals surface area contributed by atoms with Gasteiger partial charge >= 0.3 is 0 Å². The van der Waals surface area contributed by atoms with Crippen LogP contribution in [0.1, 0.15) is 47.2 Å². The highest BCUT2D eigenvalue weighted by Crippen LogP contribution is 2.26. The summed E-state index contributed by atoms with van der Waals surface area (Å²) in [5.74, 6) is -0.390. The van der Waals surface area contributed by atoms with Crippen molar-refractivity contribution in [3.05, 3.63) is 76.3 Å². The van der Waals surface area contributed by atoms with Crippen LogP contribution in [0.5, 0.6) is 5.75 Å². The largest absolute Gasteiger partial charge is 0.506 e. The summed E-state index contributed by atoms with van der Waals surface area (Å²) in [5.41, 5.74) is 4.57. The molecule has 0 atom stereocenters. The lowest BCUT2D eigenvalue weighted by Crippen LogP contribution is -2.36. The van der Waals surface area contributed by atoms with Crippen molar-refractivity contribution in [2.75, 3.05) is 7.05 Å². The predicted molar refractivity (Wildman–Crippen MR) is 131 cm³/mol. The van der Waals surface area contributed by atoms with Crippen LogP contribution in [0.15, 0.2) is 59.7 Å². The second-order valence-electron chi connectivity index (χ2n) is 8.34. The molecule has 6 nitrogen and oxygen atoms in total. The minimum atomic E-state index is -0.436. The monoisotopic (exact) mass is 463 g/mol. The van der Waals surface area contributed by atoms with Gasteiger partial charge in [0.2, 0.25) is 5.91 Å². The third kappa shape index (κ3) is 5.17. The number of carbonyl (C=O) groups excluding carboxylic acids is 2. The number of halogens is 1. The smallest absolute Gasteiger partial charge is 0.271 e. The second kappa shape index (κ2) is 10.0. The normalized spacial score (nSPS) is 14.1. The number of hydrogen-bond donors (Lipinski definition) is 2. The Hall–Kier alpha value is -3.38. The van der Waals surface area contributed by atoms with Crippen LogP contribution in [-0.4, -0.2) is 41.1 Å². The van der Waals surface area contributed by atoms with Crippen molar-refractivity contribution < 1.29 is 14.7 Å². The Morgan fingerprint density at radius 1 is 1.12 bits per heavy atom. The van der Waals surface area contributed by atoms with E-state index in [0.29, 0.717) is 18.0 Å². The lowest BCUT2D eigenvalue weighted by Gasteiger charge is -2.24. The molecule has 0 radical (unpaired) electrons. The van der Waals surface area contributed by atoms with Crippen molar-refractivity contribution in [1.29, 1.82) is 0 Å². The molecule has 0 saturated heterocycles. The number of hydrogen-bond acceptors (Lipinski definition) is 4. The predicted octanol–water partition coefficient (Wildman–Crippen LogP) is 4.91. The van der Waals surface area contributed by atoms with Gasteiger partial charge in [-0.25, -0.2) is 5.43 Å². The molecule has 1 aliphatic carbocycles. The van der Waals surface area contributed by atoms with Crippen molar-refractivity contribution in [2.24, 2.45) is 5.10 Å². The van der Waals surface area contributed by atoms with Crippen molar-refractivity contribution in [2.45, 2.75) is 38.1 Å². The molecule has 1 fully saturated rings. The van der Waals surface area contributed by atoms with Crippen LogP contribution in [0.3, 0.4) is 0 Å². The van der Waals surface area contributed by atoms with Gasteiger partial charge in [0.15, 0.2) is 0 Å². The minimum Gasteiger partial charge on any atom is -0.506 e. The average Bonchev–Trinajstić information content (AvgIpc) is 3.36. The number of benzene rings is 3. The fourth-order valence-electron chi connectivity index (χ4n) is 4.31. The summed E-state index contributed by atoms with van der Waals surface area (Å²) in [7, 11) is 1.91. The first kappa shape index (κ1) is 22.8. The Morgan fingerprint density at radius 2 is 1.85 bits per heavy atom. The van der Waals surface area contributed by atoms with Crippen LogP contribution >= 0.6 is 11.6 Å². The summed E-state index contributed by atoms with van der Waals surface area (Å²) in [5, 5.41) is 15.6. The van der Waals surface area contributed by atoms with E-state index in [1.54, 1.807) is 6.21 Å². The highest BCUT2D eigenvalue weighted by atomic mass is 35.5. The van der Waals surface area contributed by atoms with E-state index in [-0.39, 0.29) is 16.7 Å². The molecular formula is C26H26ClN3O3. The number of hydrazone groups is 1. The molecule has 0 aromatic heterocycles. The molecule has 33 heavy (non-hydrogen) atoms. The number of carbonyl (C=O) groups is 2. The lowest BCUT2D eigenvalue weighted by molar-refractivity contribution is -0.131. The topological polar surface area (TPSA) is 82.0 Å². The fourth-order valence-corrected chi connectivity index (χ4v) is 4.49. The van der Waals surface area contributed by atoms with Gasteiger partial charge in [-0.1, -0.05) is 60.8 Å². The molecule has 1 aliphatic rings. The summed E-state index contributed by atoms with van der Waals surface area (Å²) >= 11 is 5.86. The van der Waals surface area contributed by atoms with E-state index < -0.39 is 5.91 Å². The minimum absolute atomic E-state index is 0.0869. The third-order valence-corrected chi connectivity index (χ3v) is 6.54. The number of likely N-dealkylation sites (N-methyl/N-ethyl adjacent to an activating group) is 1. The van der Waals surface area contributed by atoms with Crippen LogP contribution in [0.2, 0.25) is 5.02 Å². The van der Waals surface area contributed by atoms with Gasteiger partial charge in [0.05, 0.1) is 17.7 Å². The number of amides is 2. The lowest BCUT2D eigenvalue weighted by atomic mass is 9.97. The SMILES string of the molecule is CN(C(=O)Cc1ccc(/C=N/NC(=O)c2ccc(O)c(Cl)c2)c2ccccc12)C1CCCC1. The van der Waals surface area contributed by atoms with E-state index in [4.69, 9.17) is 11.6 Å². The molecular weight excluding hydrogens is 438 g/mol. The van der Waals surface area contributed by atoms with Crippen molar-refractivity contribution in [3.63, 3.8) is 0 Å². The van der Waals surface area contributed by atoms with Gasteiger partial charge in [-0.3, -0.25) is 9.59 Å². The Kier molecular flexibility index (Phi) is 6.94. The van der Waals surface area contributed by atoms with Crippen LogP contribution in [0.25, 0.3) is 10.8 Å². The van der Waals surface area contributed by atoms with E-state index in [2.05, 4.69) is 10.5 Å². The van der Waals surface area contributed by atoms with Crippen molar-refractivity contribution >= 4 is 40.4 Å². The van der Waals surface area contributed by atoms with Crippen LogP contribution in [-0.2, 0) is 11.2 Å². The van der Waals surface area contributed by atoms with Crippen molar-refractivity contribution in [3.8, 4) is 5.75 Å². The van der Waals surface area contributed by atoms with Gasteiger partial charge in [0.1, 0.15) is 5.75 Å². The zero-order valence-electron chi connectivity index (χ0n) is 18.4. The Labute approximate surface area is 197 Å². The van der Waals surface area contributed by atoms with E-state index >= 15 is 0 Å². The Morgan fingerprint density at radius 3 is 2.58 bits per heavy atom. The summed E-state index contributed by atoms with van der Waals surface area (Å²) in [6, 6.07) is 16.3. The number of phenols is 1. The molecule has 170 valence electrons. The zero-order chi connectivity index (χ0) is 23.4. The summed E-state index contributed by atoms with van der Waals surface area (Å²) < 4.78 is 0. The fraction of sp³-hybridized carbons (Fsp3) is 0.269. The second-order valence-corrected chi connectivity index (χ2v) is 8.75. The van der Waals surface area contributed by atoms with Crippen molar-refractivity contribution in [1.82, 2.24) is 10.3 Å². The number of phenolic OH excluding ortho intramolecular Hbond substituents is 1. The Balaban J connectivity index is 1.50. The van der Waals surface area contributed by atoms with E-state index in [1.165, 1.54) is 31.0 Å². The van der Waals surface area contributed by atoms with Gasteiger partial charge < -0.3 is 10.0 Å². The summed E-state index contributed by atoms with van der Waals surface area (Å²) in [6.07, 6.45) is 6.48. The molecule has 0 heterocycles. The van der Waals surface area contributed by atoms with Gasteiger partial charge in [-0.2, -0.15) is 5.10 Å². The molecule has 4 rings (SSSR count). The molecule has 3 aromatic rings. The quantitative estimate of drug-likeness (QED) is 0.402. The maximum atomic E-state index is 12.9. The number of aromatic hydroxyl groups is 1. The molecule has 1 saturated carbocycles. The zero-order valence-corrected chi connectivity index (χ0v) is 19.2. The molecule has 0 spiro atoms. The number of nitrogens with one attached hydrogen (secondary N) is 1. The first-order valence-electron chi connectivity index (χ1n) is 11.0. The first-order chi connectivity index (χ1) is 15.9. The van der Waals surface area contributed by atoms with Gasteiger partial charge in [0.25, 0.3) is 5.91 Å². The van der Waals surface area contributed by atoms with Gasteiger partial charge in [-0.15, -0.1) is 0 Å². The third-order valence-electron chi connectivity index (χ3n) is 6.24.